The van der Waals surface area contributed by atoms with E-state index in [1.54, 1.807) is 32.5 Å². The van der Waals surface area contributed by atoms with Crippen LogP contribution in [-0.2, 0) is 25.7 Å². The van der Waals surface area contributed by atoms with Crippen molar-refractivity contribution in [1.29, 1.82) is 0 Å². The molecular formula is C33H55IN3O5S-. The Labute approximate surface area is 274 Å². The summed E-state index contributed by atoms with van der Waals surface area (Å²) >= 11 is 0.707. The molecule has 0 aliphatic rings. The summed E-state index contributed by atoms with van der Waals surface area (Å²) < 4.78 is 5.69. The summed E-state index contributed by atoms with van der Waals surface area (Å²) in [5, 5.41) is 8.77. The van der Waals surface area contributed by atoms with E-state index in [4.69, 9.17) is 4.74 Å². The second-order valence-corrected chi connectivity index (χ2v) is 17.4. The normalized spacial score (nSPS) is 15.3. The van der Waals surface area contributed by atoms with E-state index < -0.39 is 45.0 Å². The quantitative estimate of drug-likeness (QED) is 0.122. The molecule has 0 aromatic heterocycles. The van der Waals surface area contributed by atoms with Crippen LogP contribution >= 0.6 is 11.8 Å². The zero-order valence-electron chi connectivity index (χ0n) is 27.8. The minimum atomic E-state index is -0.934. The van der Waals surface area contributed by atoms with Gasteiger partial charge in [-0.3, -0.25) is 0 Å². The zero-order valence-corrected chi connectivity index (χ0v) is 30.8. The molecule has 0 unspecified atom stereocenters. The molecule has 0 saturated carbocycles. The Morgan fingerprint density at radius 2 is 1.53 bits per heavy atom. The monoisotopic (exact) mass is 732 g/mol. The Hall–Kier alpha value is -1.82. The maximum absolute atomic E-state index is 13.6. The number of carbonyl (C=O) groups excluding carboxylic acids is 4. The summed E-state index contributed by atoms with van der Waals surface area (Å²) in [6.45, 7) is 18.0. The van der Waals surface area contributed by atoms with E-state index in [2.05, 4.69) is 36.7 Å². The average molecular weight is 733 g/mol. The van der Waals surface area contributed by atoms with Crippen LogP contribution in [0.25, 0.3) is 0 Å². The van der Waals surface area contributed by atoms with Gasteiger partial charge in [-0.1, -0.05) is 18.2 Å². The van der Waals surface area contributed by atoms with E-state index in [0.29, 0.717) is 25.3 Å². The van der Waals surface area contributed by atoms with E-state index in [0.717, 1.165) is 17.7 Å². The standard InChI is InChI=1S/C33H55IN3O5S/c1-21(2)18-26(34-29(38)27(16-17-43-10)36-32(41)42-33(7,8)9)23(5)19-24(6)30(39)37-28(22(3)4)31(40)35-20-25-14-12-11-13-15-25/h11-15,21-24,26-28H,16-20H2,1-10H3,(H,35,40)(H,36,41)(H,37,39)/q-1/t23-,24+,26-,27-,28-/m0/s1. The number of carbonyl (C=O) groups is 4. The topological polar surface area (TPSA) is 114 Å². The Bertz CT molecular complexity index is 1020. The maximum atomic E-state index is 13.6. The Kier molecular flexibility index (Phi) is 17.8. The van der Waals surface area contributed by atoms with Crippen LogP contribution in [0.3, 0.4) is 0 Å². The molecule has 0 aliphatic heterocycles. The van der Waals surface area contributed by atoms with Gasteiger partial charge in [0.05, 0.1) is 0 Å². The number of amides is 3. The molecule has 0 aliphatic carbocycles. The van der Waals surface area contributed by atoms with Gasteiger partial charge in [-0.25, -0.2) is 0 Å². The van der Waals surface area contributed by atoms with Crippen LogP contribution in [0, 0.1) is 23.7 Å². The van der Waals surface area contributed by atoms with Gasteiger partial charge in [0.15, 0.2) is 0 Å². The van der Waals surface area contributed by atoms with Crippen LogP contribution in [0.1, 0.15) is 87.1 Å². The molecule has 8 nitrogen and oxygen atoms in total. The molecule has 3 amide bonds. The summed E-state index contributed by atoms with van der Waals surface area (Å²) in [6, 6.07) is 8.48. The van der Waals surface area contributed by atoms with Crippen molar-refractivity contribution < 1.29 is 45.1 Å². The number of halogens is 1. The summed E-state index contributed by atoms with van der Waals surface area (Å²) in [5.41, 5.74) is 0.354. The van der Waals surface area contributed by atoms with Crippen molar-refractivity contribution in [2.24, 2.45) is 23.7 Å². The number of ether oxygens (including phenoxy) is 1. The molecule has 0 heterocycles. The van der Waals surface area contributed by atoms with Crippen molar-refractivity contribution in [1.82, 2.24) is 16.0 Å². The molecule has 10 heteroatoms. The molecule has 0 spiro atoms. The molecule has 0 radical (unpaired) electrons. The Morgan fingerprint density at radius 3 is 2.07 bits per heavy atom. The van der Waals surface area contributed by atoms with Gasteiger partial charge in [-0.05, 0) is 0 Å². The number of benzene rings is 1. The van der Waals surface area contributed by atoms with Crippen molar-refractivity contribution in [3.05, 3.63) is 35.9 Å². The molecule has 43 heavy (non-hydrogen) atoms. The summed E-state index contributed by atoms with van der Waals surface area (Å²) in [6.07, 6.45) is 3.47. The molecule has 3 N–H and O–H groups in total. The summed E-state index contributed by atoms with van der Waals surface area (Å²) in [5.74, 6) is 0.538. The minimum absolute atomic E-state index is 0.0720. The number of alkyl halides is 1. The molecule has 0 fully saturated rings. The molecule has 1 aromatic rings. The third-order valence-corrected chi connectivity index (χ3v) is 11.4. The second kappa shape index (κ2) is 19.5. The average Bonchev–Trinajstić information content (AvgIpc) is 2.91. The van der Waals surface area contributed by atoms with Crippen LogP contribution < -0.4 is 37.2 Å². The first-order chi connectivity index (χ1) is 20.0. The van der Waals surface area contributed by atoms with E-state index in [1.807, 2.05) is 57.4 Å². The number of thioether (sulfide) groups is 1. The molecule has 1 aromatic carbocycles. The molecule has 0 saturated heterocycles. The Balaban J connectivity index is 2.88. The van der Waals surface area contributed by atoms with Gasteiger partial charge >= 0.3 is 258 Å². The first-order valence-electron chi connectivity index (χ1n) is 15.3. The fraction of sp³-hybridized carbons (Fsp3) is 0.697. The first kappa shape index (κ1) is 39.2. The van der Waals surface area contributed by atoms with Crippen LogP contribution in [-0.4, -0.2) is 55.3 Å². The van der Waals surface area contributed by atoms with Crippen LogP contribution in [0.2, 0.25) is 0 Å². The number of hydrogen-bond acceptors (Lipinski definition) is 6. The van der Waals surface area contributed by atoms with Crippen LogP contribution in [0.15, 0.2) is 30.3 Å². The van der Waals surface area contributed by atoms with Crippen molar-refractivity contribution in [3.63, 3.8) is 0 Å². The van der Waals surface area contributed by atoms with Gasteiger partial charge < -0.3 is 0 Å². The van der Waals surface area contributed by atoms with E-state index in [1.165, 1.54) is 0 Å². The second-order valence-electron chi connectivity index (χ2n) is 13.1. The van der Waals surface area contributed by atoms with Crippen molar-refractivity contribution in [2.75, 3.05) is 12.0 Å². The van der Waals surface area contributed by atoms with Gasteiger partial charge in [-0.15, -0.1) is 0 Å². The van der Waals surface area contributed by atoms with Gasteiger partial charge in [-0.2, -0.15) is 0 Å². The molecule has 246 valence electrons. The summed E-state index contributed by atoms with van der Waals surface area (Å²) in [4.78, 5) is 52.3. The fourth-order valence-electron chi connectivity index (χ4n) is 4.51. The van der Waals surface area contributed by atoms with Crippen molar-refractivity contribution >= 4 is 33.5 Å². The van der Waals surface area contributed by atoms with E-state index in [9.17, 15) is 19.2 Å². The van der Waals surface area contributed by atoms with Gasteiger partial charge in [0.2, 0.25) is 0 Å². The molecule has 0 bridgehead atoms. The number of alkyl carbamates (subject to hydrolysis) is 1. The van der Waals surface area contributed by atoms with Crippen LogP contribution in [0.5, 0.6) is 0 Å². The molecule has 1 rings (SSSR count). The van der Waals surface area contributed by atoms with Gasteiger partial charge in [0, 0.05) is 0 Å². The van der Waals surface area contributed by atoms with Crippen molar-refractivity contribution in [3.8, 4) is 0 Å². The van der Waals surface area contributed by atoms with Crippen molar-refractivity contribution in [2.45, 2.75) is 110 Å². The van der Waals surface area contributed by atoms with Crippen LogP contribution in [0.4, 0.5) is 4.79 Å². The molecular weight excluding hydrogens is 677 g/mol. The third kappa shape index (κ3) is 16.2. The fourth-order valence-corrected chi connectivity index (χ4v) is 8.85. The number of hydrogen-bond donors (Lipinski definition) is 3. The van der Waals surface area contributed by atoms with Gasteiger partial charge in [0.25, 0.3) is 0 Å². The predicted octanol–water partition coefficient (Wildman–Crippen LogP) is 2.78. The summed E-state index contributed by atoms with van der Waals surface area (Å²) in [7, 11) is 0. The SMILES string of the molecule is CSCC[C@H](NC(=O)OC(C)(C)C)C(=O)[I-][C@@H](CC(C)C)[C@@H](C)C[C@@H](C)C(=O)N[C@H](C(=O)NCc1ccccc1)C(C)C. The van der Waals surface area contributed by atoms with E-state index in [-0.39, 0.29) is 37.3 Å². The van der Waals surface area contributed by atoms with E-state index >= 15 is 0 Å². The molecule has 5 atom stereocenters. The third-order valence-electron chi connectivity index (χ3n) is 6.87. The van der Waals surface area contributed by atoms with Gasteiger partial charge in [0.1, 0.15) is 0 Å². The number of nitrogens with one attached hydrogen (secondary N) is 3. The Morgan fingerprint density at radius 1 is 0.907 bits per heavy atom. The zero-order chi connectivity index (χ0) is 32.7. The number of rotatable bonds is 18. The first-order valence-corrected chi connectivity index (χ1v) is 19.0. The predicted molar refractivity (Wildman–Crippen MR) is 172 cm³/mol.